The van der Waals surface area contributed by atoms with Crippen molar-refractivity contribution in [1.29, 1.82) is 0 Å². The van der Waals surface area contributed by atoms with Crippen LogP contribution in [0.1, 0.15) is 5.56 Å². The molecule has 2 aromatic carbocycles. The predicted octanol–water partition coefficient (Wildman–Crippen LogP) is 1.79. The zero-order valence-corrected chi connectivity index (χ0v) is 18.0. The minimum atomic E-state index is -3.54. The van der Waals surface area contributed by atoms with Gasteiger partial charge >= 0.3 is 0 Å². The molecule has 1 heterocycles. The van der Waals surface area contributed by atoms with Crippen LogP contribution in [0.25, 0.3) is 0 Å². The number of ether oxygens (including phenoxy) is 2. The third kappa shape index (κ3) is 5.79. The van der Waals surface area contributed by atoms with Crippen LogP contribution in [0.3, 0.4) is 0 Å². The minimum Gasteiger partial charge on any atom is -0.497 e. The van der Waals surface area contributed by atoms with E-state index in [1.54, 1.807) is 19.2 Å². The number of nitrogens with zero attached hydrogens (tertiary/aromatic N) is 2. The largest absolute Gasteiger partial charge is 0.497 e. The number of anilines is 1. The zero-order chi connectivity index (χ0) is 21.6. The van der Waals surface area contributed by atoms with Gasteiger partial charge in [-0.1, -0.05) is 12.1 Å². The number of methoxy groups -OCH3 is 1. The lowest BCUT2D eigenvalue weighted by atomic mass is 10.2. The SMILES string of the molecule is COc1cccc(CN(C)CC(=O)Nc2ccc(S(=O)(=O)N3CCOCC3)cc2)c1. The van der Waals surface area contributed by atoms with E-state index >= 15 is 0 Å². The lowest BCUT2D eigenvalue weighted by molar-refractivity contribution is -0.117. The minimum absolute atomic E-state index is 0.177. The summed E-state index contributed by atoms with van der Waals surface area (Å²) in [5.41, 5.74) is 1.60. The fourth-order valence-electron chi connectivity index (χ4n) is 3.23. The molecule has 0 bridgehead atoms. The maximum atomic E-state index is 12.7. The maximum Gasteiger partial charge on any atom is 0.243 e. The number of rotatable bonds is 8. The Hall–Kier alpha value is -2.46. The second-order valence-corrected chi connectivity index (χ2v) is 9.05. The zero-order valence-electron chi connectivity index (χ0n) is 17.2. The highest BCUT2D eigenvalue weighted by atomic mass is 32.2. The smallest absolute Gasteiger partial charge is 0.243 e. The summed E-state index contributed by atoms with van der Waals surface area (Å²) in [6, 6.07) is 13.9. The average Bonchev–Trinajstić information content (AvgIpc) is 2.74. The molecule has 0 aromatic heterocycles. The Morgan fingerprint density at radius 1 is 1.17 bits per heavy atom. The molecule has 2 aromatic rings. The van der Waals surface area contributed by atoms with Crippen LogP contribution < -0.4 is 10.1 Å². The Labute approximate surface area is 177 Å². The molecule has 1 saturated heterocycles. The summed E-state index contributed by atoms with van der Waals surface area (Å²) in [6.07, 6.45) is 0. The Morgan fingerprint density at radius 2 is 1.87 bits per heavy atom. The van der Waals surface area contributed by atoms with Crippen molar-refractivity contribution < 1.29 is 22.7 Å². The molecule has 1 aliphatic rings. The highest BCUT2D eigenvalue weighted by Crippen LogP contribution is 2.19. The van der Waals surface area contributed by atoms with Crippen LogP contribution in [0.5, 0.6) is 5.75 Å². The molecule has 30 heavy (non-hydrogen) atoms. The molecule has 1 amide bonds. The number of amides is 1. The molecule has 1 aliphatic heterocycles. The van der Waals surface area contributed by atoms with Crippen LogP contribution >= 0.6 is 0 Å². The van der Waals surface area contributed by atoms with Crippen molar-refractivity contribution in [2.24, 2.45) is 0 Å². The lowest BCUT2D eigenvalue weighted by Gasteiger charge is -2.26. The number of nitrogens with one attached hydrogen (secondary N) is 1. The van der Waals surface area contributed by atoms with Crippen LogP contribution in [0.15, 0.2) is 53.4 Å². The van der Waals surface area contributed by atoms with Crippen molar-refractivity contribution in [3.63, 3.8) is 0 Å². The van der Waals surface area contributed by atoms with Gasteiger partial charge in [0, 0.05) is 25.3 Å². The fourth-order valence-corrected chi connectivity index (χ4v) is 4.64. The summed E-state index contributed by atoms with van der Waals surface area (Å²) in [6.45, 7) is 2.29. The fraction of sp³-hybridized carbons (Fsp3) is 0.381. The molecule has 0 atom stereocenters. The number of likely N-dealkylation sites (N-methyl/N-ethyl adjacent to an activating group) is 1. The van der Waals surface area contributed by atoms with E-state index in [1.165, 1.54) is 16.4 Å². The number of hydrogen-bond acceptors (Lipinski definition) is 6. The van der Waals surface area contributed by atoms with E-state index in [1.807, 2.05) is 36.2 Å². The number of carbonyl (C=O) groups is 1. The van der Waals surface area contributed by atoms with Gasteiger partial charge in [0.25, 0.3) is 0 Å². The average molecular weight is 434 g/mol. The number of sulfonamides is 1. The van der Waals surface area contributed by atoms with Crippen LogP contribution in [-0.4, -0.2) is 70.5 Å². The Morgan fingerprint density at radius 3 is 2.53 bits per heavy atom. The lowest BCUT2D eigenvalue weighted by Crippen LogP contribution is -2.40. The summed E-state index contributed by atoms with van der Waals surface area (Å²) in [4.78, 5) is 14.4. The van der Waals surface area contributed by atoms with Gasteiger partial charge in [0.1, 0.15) is 5.75 Å². The summed E-state index contributed by atoms with van der Waals surface area (Å²) in [5, 5.41) is 2.81. The summed E-state index contributed by atoms with van der Waals surface area (Å²) in [7, 11) is -0.0675. The second-order valence-electron chi connectivity index (χ2n) is 7.11. The van der Waals surface area contributed by atoms with Gasteiger partial charge < -0.3 is 14.8 Å². The van der Waals surface area contributed by atoms with Gasteiger partial charge in [-0.15, -0.1) is 0 Å². The van der Waals surface area contributed by atoms with Crippen LogP contribution in [-0.2, 0) is 26.1 Å². The van der Waals surface area contributed by atoms with Gasteiger partial charge in [-0.2, -0.15) is 4.31 Å². The third-order valence-electron chi connectivity index (χ3n) is 4.75. The predicted molar refractivity (Wildman–Crippen MR) is 114 cm³/mol. The quantitative estimate of drug-likeness (QED) is 0.683. The van der Waals surface area contributed by atoms with E-state index in [2.05, 4.69) is 5.32 Å². The van der Waals surface area contributed by atoms with E-state index < -0.39 is 10.0 Å². The number of morpholine rings is 1. The normalized spacial score (nSPS) is 15.2. The van der Waals surface area contributed by atoms with Crippen molar-refractivity contribution >= 4 is 21.6 Å². The van der Waals surface area contributed by atoms with Crippen LogP contribution in [0, 0.1) is 0 Å². The molecular formula is C21H27N3O5S. The molecule has 0 unspecified atom stereocenters. The van der Waals surface area contributed by atoms with Crippen LogP contribution in [0.2, 0.25) is 0 Å². The van der Waals surface area contributed by atoms with Crippen molar-refractivity contribution in [1.82, 2.24) is 9.21 Å². The standard InChI is InChI=1S/C21H27N3O5S/c1-23(15-17-4-3-5-19(14-17)28-2)16-21(25)22-18-6-8-20(9-7-18)30(26,27)24-10-12-29-13-11-24/h3-9,14H,10-13,15-16H2,1-2H3,(H,22,25). The van der Waals surface area contributed by atoms with Crippen molar-refractivity contribution in [3.05, 3.63) is 54.1 Å². The molecular weight excluding hydrogens is 406 g/mol. The number of carbonyl (C=O) groups excluding carboxylic acids is 1. The van der Waals surface area contributed by atoms with E-state index in [4.69, 9.17) is 9.47 Å². The highest BCUT2D eigenvalue weighted by molar-refractivity contribution is 7.89. The second kappa shape index (κ2) is 10.0. The Kier molecular flexibility index (Phi) is 7.43. The Bertz CT molecular complexity index is 957. The molecule has 0 aliphatic carbocycles. The maximum absolute atomic E-state index is 12.7. The molecule has 162 valence electrons. The van der Waals surface area contributed by atoms with E-state index in [9.17, 15) is 13.2 Å². The number of benzene rings is 2. The van der Waals surface area contributed by atoms with Gasteiger partial charge in [0.15, 0.2) is 0 Å². The molecule has 1 fully saturated rings. The van der Waals surface area contributed by atoms with Crippen molar-refractivity contribution in [2.45, 2.75) is 11.4 Å². The topological polar surface area (TPSA) is 88.2 Å². The van der Waals surface area contributed by atoms with Gasteiger partial charge in [0.05, 0.1) is 31.8 Å². The molecule has 0 spiro atoms. The van der Waals surface area contributed by atoms with Gasteiger partial charge in [0.2, 0.25) is 15.9 Å². The first kappa shape index (κ1) is 22.2. The van der Waals surface area contributed by atoms with Crippen molar-refractivity contribution in [2.75, 3.05) is 52.3 Å². The third-order valence-corrected chi connectivity index (χ3v) is 6.66. The van der Waals surface area contributed by atoms with Crippen molar-refractivity contribution in [3.8, 4) is 5.75 Å². The molecule has 0 saturated carbocycles. The Balaban J connectivity index is 1.55. The molecule has 9 heteroatoms. The first-order chi connectivity index (χ1) is 14.4. The van der Waals surface area contributed by atoms with Gasteiger partial charge in [-0.25, -0.2) is 8.42 Å². The van der Waals surface area contributed by atoms with E-state index in [0.29, 0.717) is 38.5 Å². The highest BCUT2D eigenvalue weighted by Gasteiger charge is 2.26. The first-order valence-corrected chi connectivity index (χ1v) is 11.1. The first-order valence-electron chi connectivity index (χ1n) is 9.68. The van der Waals surface area contributed by atoms with E-state index in [-0.39, 0.29) is 17.3 Å². The molecule has 0 radical (unpaired) electrons. The summed E-state index contributed by atoms with van der Waals surface area (Å²) < 4.78 is 37.1. The summed E-state index contributed by atoms with van der Waals surface area (Å²) in [5.74, 6) is 0.599. The van der Waals surface area contributed by atoms with Gasteiger partial charge in [-0.3, -0.25) is 9.69 Å². The monoisotopic (exact) mass is 433 g/mol. The molecule has 8 nitrogen and oxygen atoms in total. The van der Waals surface area contributed by atoms with E-state index in [0.717, 1.165) is 11.3 Å². The molecule has 1 N–H and O–H groups in total. The molecule has 3 rings (SSSR count). The summed E-state index contributed by atoms with van der Waals surface area (Å²) >= 11 is 0. The van der Waals surface area contributed by atoms with Gasteiger partial charge in [-0.05, 0) is 49.0 Å². The van der Waals surface area contributed by atoms with Crippen LogP contribution in [0.4, 0.5) is 5.69 Å². The number of hydrogen-bond donors (Lipinski definition) is 1.